The van der Waals surface area contributed by atoms with Crippen molar-refractivity contribution >= 4 is 28.6 Å². The summed E-state index contributed by atoms with van der Waals surface area (Å²) >= 11 is 0. The highest BCUT2D eigenvalue weighted by Crippen LogP contribution is 2.30. The third-order valence-electron chi connectivity index (χ3n) is 6.56. The number of ether oxygens (including phenoxy) is 1. The predicted octanol–water partition coefficient (Wildman–Crippen LogP) is 2.25. The monoisotopic (exact) mass is 499 g/mol. The highest BCUT2D eigenvalue weighted by atomic mass is 16.5. The molecule has 2 heterocycles. The Morgan fingerprint density at radius 1 is 1.08 bits per heavy atom. The van der Waals surface area contributed by atoms with Crippen LogP contribution in [0.5, 0.6) is 5.75 Å². The maximum atomic E-state index is 13.4. The van der Waals surface area contributed by atoms with E-state index in [0.29, 0.717) is 17.8 Å². The van der Waals surface area contributed by atoms with Crippen LogP contribution in [0.1, 0.15) is 18.1 Å². The number of hydrogen-bond donors (Lipinski definition) is 1. The molecule has 11 nitrogen and oxygen atoms in total. The molecule has 0 unspecified atom stereocenters. The first-order valence-corrected chi connectivity index (χ1v) is 11.6. The summed E-state index contributed by atoms with van der Waals surface area (Å²) < 4.78 is 6.72. The Hall–Kier alpha value is -4.80. The Kier molecular flexibility index (Phi) is 6.04. The first-order chi connectivity index (χ1) is 17.8. The zero-order chi connectivity index (χ0) is 26.2. The minimum atomic E-state index is -1.33. The summed E-state index contributed by atoms with van der Waals surface area (Å²) in [5, 5.41) is 15.9. The Balaban J connectivity index is 1.29. The molecule has 0 radical (unpaired) electrons. The van der Waals surface area contributed by atoms with Crippen molar-refractivity contribution < 1.29 is 19.1 Å². The number of nitrogens with one attached hydrogen (secondary N) is 1. The predicted molar refractivity (Wildman–Crippen MR) is 134 cm³/mol. The van der Waals surface area contributed by atoms with Crippen molar-refractivity contribution in [2.45, 2.75) is 19.0 Å². The molecule has 188 valence electrons. The molecule has 1 aliphatic heterocycles. The number of carbonyl (C=O) groups is 3. The number of hydrogen-bond acceptors (Lipinski definition) is 7. The van der Waals surface area contributed by atoms with E-state index in [-0.39, 0.29) is 12.5 Å². The second-order valence-corrected chi connectivity index (χ2v) is 9.05. The van der Waals surface area contributed by atoms with E-state index >= 15 is 0 Å². The lowest BCUT2D eigenvalue weighted by Crippen LogP contribution is -2.43. The van der Waals surface area contributed by atoms with E-state index in [1.807, 2.05) is 36.4 Å². The molecule has 0 bridgehead atoms. The number of carbonyl (C=O) groups excluding carboxylic acids is 3. The second-order valence-electron chi connectivity index (χ2n) is 9.05. The van der Waals surface area contributed by atoms with Gasteiger partial charge in [0.1, 0.15) is 24.2 Å². The van der Waals surface area contributed by atoms with Crippen LogP contribution in [0.25, 0.3) is 16.5 Å². The van der Waals surface area contributed by atoms with Crippen molar-refractivity contribution in [3.8, 4) is 11.4 Å². The van der Waals surface area contributed by atoms with Gasteiger partial charge in [0.05, 0.1) is 12.8 Å². The third-order valence-corrected chi connectivity index (χ3v) is 6.56. The molecular formula is C26H25N7O4. The number of aromatic nitrogens is 4. The van der Waals surface area contributed by atoms with Crippen LogP contribution in [-0.4, -0.2) is 68.6 Å². The van der Waals surface area contributed by atoms with Gasteiger partial charge in [0.2, 0.25) is 5.91 Å². The van der Waals surface area contributed by atoms with Crippen LogP contribution in [-0.2, 0) is 21.7 Å². The molecular weight excluding hydrogens is 474 g/mol. The minimum absolute atomic E-state index is 0.329. The lowest BCUT2D eigenvalue weighted by atomic mass is 9.91. The first-order valence-electron chi connectivity index (χ1n) is 11.6. The van der Waals surface area contributed by atoms with Gasteiger partial charge in [-0.3, -0.25) is 14.5 Å². The quantitative estimate of drug-likeness (QED) is 0.387. The fraction of sp³-hybridized carbons (Fsp3) is 0.231. The van der Waals surface area contributed by atoms with Crippen molar-refractivity contribution in [3.63, 3.8) is 0 Å². The van der Waals surface area contributed by atoms with Gasteiger partial charge in [-0.15, -0.1) is 5.10 Å². The topological polar surface area (TPSA) is 123 Å². The molecule has 4 amide bonds. The maximum absolute atomic E-state index is 13.4. The number of methoxy groups -OCH3 is 1. The summed E-state index contributed by atoms with van der Waals surface area (Å²) in [5.41, 5.74) is 0.776. The van der Waals surface area contributed by atoms with Crippen LogP contribution in [0.15, 0.2) is 67.0 Å². The van der Waals surface area contributed by atoms with Crippen LogP contribution in [0, 0.1) is 0 Å². The molecule has 1 atom stereocenters. The smallest absolute Gasteiger partial charge is 0.325 e. The van der Waals surface area contributed by atoms with Gasteiger partial charge < -0.3 is 15.0 Å². The molecule has 1 aliphatic rings. The van der Waals surface area contributed by atoms with Gasteiger partial charge in [-0.1, -0.05) is 30.3 Å². The molecule has 1 aromatic heterocycles. The highest BCUT2D eigenvalue weighted by molar-refractivity contribution is 6.09. The van der Waals surface area contributed by atoms with Crippen molar-refractivity contribution in [2.75, 3.05) is 20.7 Å². The average Bonchev–Trinajstić information content (AvgIpc) is 3.52. The van der Waals surface area contributed by atoms with Crippen molar-refractivity contribution in [1.29, 1.82) is 0 Å². The molecule has 1 fully saturated rings. The number of tetrazole rings is 1. The molecule has 0 aliphatic carbocycles. The summed E-state index contributed by atoms with van der Waals surface area (Å²) in [6.07, 6.45) is 1.43. The van der Waals surface area contributed by atoms with Crippen molar-refractivity contribution in [1.82, 2.24) is 35.3 Å². The zero-order valence-corrected chi connectivity index (χ0v) is 20.6. The number of amides is 4. The average molecular weight is 500 g/mol. The van der Waals surface area contributed by atoms with E-state index in [0.717, 1.165) is 27.0 Å². The molecule has 11 heteroatoms. The Morgan fingerprint density at radius 3 is 2.62 bits per heavy atom. The molecule has 5 rings (SSSR count). The molecule has 0 saturated carbocycles. The Labute approximate surface area is 212 Å². The van der Waals surface area contributed by atoms with Gasteiger partial charge in [-0.25, -0.2) is 9.48 Å². The maximum Gasteiger partial charge on any atom is 0.325 e. The van der Waals surface area contributed by atoms with Gasteiger partial charge in [0, 0.05) is 13.6 Å². The molecule has 3 aromatic carbocycles. The van der Waals surface area contributed by atoms with Gasteiger partial charge in [0.15, 0.2) is 0 Å². The zero-order valence-electron chi connectivity index (χ0n) is 20.6. The van der Waals surface area contributed by atoms with E-state index in [9.17, 15) is 14.4 Å². The lowest BCUT2D eigenvalue weighted by molar-refractivity contribution is -0.138. The second kappa shape index (κ2) is 9.34. The van der Waals surface area contributed by atoms with E-state index in [1.165, 1.54) is 15.9 Å². The van der Waals surface area contributed by atoms with E-state index in [2.05, 4.69) is 20.8 Å². The molecule has 1 saturated heterocycles. The fourth-order valence-corrected chi connectivity index (χ4v) is 4.39. The normalized spacial score (nSPS) is 17.2. The van der Waals surface area contributed by atoms with E-state index < -0.39 is 17.5 Å². The van der Waals surface area contributed by atoms with Gasteiger partial charge >= 0.3 is 6.03 Å². The largest absolute Gasteiger partial charge is 0.497 e. The van der Waals surface area contributed by atoms with Crippen LogP contribution < -0.4 is 10.1 Å². The number of urea groups is 1. The summed E-state index contributed by atoms with van der Waals surface area (Å²) in [7, 11) is 3.27. The lowest BCUT2D eigenvalue weighted by Gasteiger charge is -2.24. The molecule has 1 N–H and O–H groups in total. The first kappa shape index (κ1) is 23.9. The molecule has 0 spiro atoms. The van der Waals surface area contributed by atoms with Gasteiger partial charge in [-0.2, -0.15) is 0 Å². The summed E-state index contributed by atoms with van der Waals surface area (Å²) in [4.78, 5) is 41.6. The van der Waals surface area contributed by atoms with Crippen LogP contribution >= 0.6 is 0 Å². The number of nitrogens with zero attached hydrogens (tertiary/aromatic N) is 6. The molecule has 37 heavy (non-hydrogen) atoms. The van der Waals surface area contributed by atoms with Crippen LogP contribution in [0.3, 0.4) is 0 Å². The summed E-state index contributed by atoms with van der Waals surface area (Å²) in [6, 6.07) is 18.1. The number of benzene rings is 3. The number of rotatable bonds is 7. The minimum Gasteiger partial charge on any atom is -0.497 e. The number of likely N-dealkylation sites (N-methyl/N-ethyl adjacent to an activating group) is 1. The van der Waals surface area contributed by atoms with Crippen molar-refractivity contribution in [3.05, 3.63) is 78.1 Å². The fourth-order valence-electron chi connectivity index (χ4n) is 4.39. The van der Waals surface area contributed by atoms with E-state index in [1.54, 1.807) is 45.3 Å². The Morgan fingerprint density at radius 2 is 1.86 bits per heavy atom. The van der Waals surface area contributed by atoms with E-state index in [4.69, 9.17) is 4.74 Å². The summed E-state index contributed by atoms with van der Waals surface area (Å²) in [6.45, 7) is 1.58. The molecule has 4 aromatic rings. The number of imide groups is 1. The van der Waals surface area contributed by atoms with Crippen LogP contribution in [0.4, 0.5) is 4.79 Å². The highest BCUT2D eigenvalue weighted by Gasteiger charge is 2.49. The van der Waals surface area contributed by atoms with Gasteiger partial charge in [0.25, 0.3) is 5.91 Å². The van der Waals surface area contributed by atoms with Crippen LogP contribution in [0.2, 0.25) is 0 Å². The third kappa shape index (κ3) is 4.46. The standard InChI is InChI=1S/C26H25N7O4/c1-26(20-5-4-6-21(13-20)33-16-27-29-30-33)24(35)32(25(36)28-26)15-23(34)31(2)14-17-7-8-19-12-22(37-3)10-9-18(19)11-17/h4-13,16H,14-15H2,1-3H3,(H,28,36)/t26-/m0/s1. The van der Waals surface area contributed by atoms with Gasteiger partial charge in [-0.05, 0) is 69.6 Å². The SMILES string of the molecule is COc1ccc2cc(CN(C)C(=O)CN3C(=O)N[C@@](C)(c4cccc(-n5cnnn5)c4)C3=O)ccc2c1. The Bertz CT molecular complexity index is 1500. The van der Waals surface area contributed by atoms with Crippen molar-refractivity contribution in [2.24, 2.45) is 0 Å². The summed E-state index contributed by atoms with van der Waals surface area (Å²) in [5.74, 6) is -0.0898. The number of fused-ring (bicyclic) bond motifs is 1.